The van der Waals surface area contributed by atoms with Crippen LogP contribution in [0.15, 0.2) is 72.8 Å². The van der Waals surface area contributed by atoms with Crippen LogP contribution in [0.3, 0.4) is 0 Å². The lowest BCUT2D eigenvalue weighted by atomic mass is 9.78. The summed E-state index contributed by atoms with van der Waals surface area (Å²) >= 11 is 0. The van der Waals surface area contributed by atoms with Crippen molar-refractivity contribution in [2.45, 2.75) is 88.5 Å². The zero-order valence-corrected chi connectivity index (χ0v) is 22.4. The van der Waals surface area contributed by atoms with Crippen molar-refractivity contribution >= 4 is 0 Å². The van der Waals surface area contributed by atoms with Crippen LogP contribution in [0.2, 0.25) is 0 Å². The highest BCUT2D eigenvalue weighted by Gasteiger charge is 2.22. The van der Waals surface area contributed by atoms with Gasteiger partial charge in [-0.2, -0.15) is 0 Å². The van der Waals surface area contributed by atoms with Gasteiger partial charge < -0.3 is 0 Å². The van der Waals surface area contributed by atoms with Gasteiger partial charge in [-0.1, -0.05) is 150 Å². The third-order valence-corrected chi connectivity index (χ3v) is 4.72. The van der Waals surface area contributed by atoms with E-state index in [9.17, 15) is 0 Å². The highest BCUT2D eigenvalue weighted by Crippen LogP contribution is 2.31. The van der Waals surface area contributed by atoms with Gasteiger partial charge in [-0.05, 0) is 38.8 Å². The SMILES string of the molecule is CC.CC.CC.Cc1ccc(C(C)(C)c2ccc(C)cc2)cc1.Cc1cccc(C)c1. The molecular weight excluding hydrogens is 372 g/mol. The summed E-state index contributed by atoms with van der Waals surface area (Å²) in [5.41, 5.74) is 8.11. The summed E-state index contributed by atoms with van der Waals surface area (Å²) < 4.78 is 0. The van der Waals surface area contributed by atoms with Gasteiger partial charge in [0.15, 0.2) is 0 Å². The van der Waals surface area contributed by atoms with E-state index >= 15 is 0 Å². The fraction of sp³-hybridized carbons (Fsp3) is 0.419. The van der Waals surface area contributed by atoms with E-state index in [2.05, 4.69) is 114 Å². The zero-order chi connectivity index (χ0) is 24.4. The number of rotatable bonds is 2. The van der Waals surface area contributed by atoms with Crippen molar-refractivity contribution in [2.75, 3.05) is 0 Å². The highest BCUT2D eigenvalue weighted by atomic mass is 14.3. The lowest BCUT2D eigenvalue weighted by molar-refractivity contribution is 0.640. The van der Waals surface area contributed by atoms with E-state index in [4.69, 9.17) is 0 Å². The predicted molar refractivity (Wildman–Crippen MR) is 144 cm³/mol. The Balaban J connectivity index is 0. The second kappa shape index (κ2) is 17.4. The Labute approximate surface area is 194 Å². The number of hydrogen-bond donors (Lipinski definition) is 0. The van der Waals surface area contributed by atoms with Gasteiger partial charge in [0.1, 0.15) is 0 Å². The topological polar surface area (TPSA) is 0 Å². The van der Waals surface area contributed by atoms with Gasteiger partial charge in [0.25, 0.3) is 0 Å². The molecule has 172 valence electrons. The van der Waals surface area contributed by atoms with Gasteiger partial charge in [0, 0.05) is 5.41 Å². The van der Waals surface area contributed by atoms with E-state index in [1.165, 1.54) is 33.4 Å². The minimum atomic E-state index is 0.0708. The molecule has 0 aliphatic heterocycles. The summed E-state index contributed by atoms with van der Waals surface area (Å²) in [6.45, 7) is 25.0. The molecule has 0 unspecified atom stereocenters. The van der Waals surface area contributed by atoms with Crippen molar-refractivity contribution in [3.05, 3.63) is 106 Å². The van der Waals surface area contributed by atoms with Crippen molar-refractivity contribution in [3.8, 4) is 0 Å². The average Bonchev–Trinajstić information content (AvgIpc) is 2.79. The van der Waals surface area contributed by atoms with E-state index < -0.39 is 0 Å². The maximum absolute atomic E-state index is 2.28. The van der Waals surface area contributed by atoms with Crippen LogP contribution in [0, 0.1) is 27.7 Å². The summed E-state index contributed by atoms with van der Waals surface area (Å²) in [4.78, 5) is 0. The Kier molecular flexibility index (Phi) is 17.3. The maximum Gasteiger partial charge on any atom is 0.0146 e. The lowest BCUT2D eigenvalue weighted by Crippen LogP contribution is -2.18. The van der Waals surface area contributed by atoms with Crippen LogP contribution in [0.5, 0.6) is 0 Å². The highest BCUT2D eigenvalue weighted by molar-refractivity contribution is 5.39. The fourth-order valence-electron chi connectivity index (χ4n) is 2.91. The van der Waals surface area contributed by atoms with E-state index in [1.54, 1.807) is 0 Å². The molecule has 0 atom stereocenters. The average molecular weight is 421 g/mol. The summed E-state index contributed by atoms with van der Waals surface area (Å²) in [6.07, 6.45) is 0. The monoisotopic (exact) mass is 420 g/mol. The molecule has 0 aromatic heterocycles. The first kappa shape index (κ1) is 30.9. The molecule has 0 saturated carbocycles. The van der Waals surface area contributed by atoms with Crippen molar-refractivity contribution in [2.24, 2.45) is 0 Å². The molecule has 0 aliphatic rings. The van der Waals surface area contributed by atoms with Crippen LogP contribution >= 0.6 is 0 Å². The standard InChI is InChI=1S/C17H20.C8H10.3C2H6/c1-13-5-9-15(10-6-13)17(3,4)16-11-7-14(2)8-12-16;1-7-4-3-5-8(2)6-7;3*1-2/h5-12H,1-4H3;3-6H,1-2H3;3*1-2H3. The Bertz CT molecular complexity index is 725. The summed E-state index contributed by atoms with van der Waals surface area (Å²) in [5.74, 6) is 0. The van der Waals surface area contributed by atoms with Crippen molar-refractivity contribution in [3.63, 3.8) is 0 Å². The predicted octanol–water partition coefficient (Wildman–Crippen LogP) is 10.0. The quantitative estimate of drug-likeness (QED) is 0.387. The molecule has 0 aliphatic carbocycles. The molecule has 0 radical (unpaired) electrons. The van der Waals surface area contributed by atoms with Crippen LogP contribution in [-0.2, 0) is 5.41 Å². The van der Waals surface area contributed by atoms with E-state index in [1.807, 2.05) is 41.5 Å². The summed E-state index contributed by atoms with van der Waals surface area (Å²) in [7, 11) is 0. The third-order valence-electron chi connectivity index (χ3n) is 4.72. The molecule has 3 rings (SSSR count). The van der Waals surface area contributed by atoms with Gasteiger partial charge in [0.2, 0.25) is 0 Å². The normalized spacial score (nSPS) is 9.29. The van der Waals surface area contributed by atoms with Crippen LogP contribution in [0.25, 0.3) is 0 Å². The molecule has 3 aromatic carbocycles. The molecule has 31 heavy (non-hydrogen) atoms. The van der Waals surface area contributed by atoms with Crippen molar-refractivity contribution in [1.82, 2.24) is 0 Å². The Morgan fingerprint density at radius 1 is 0.419 bits per heavy atom. The summed E-state index contributed by atoms with van der Waals surface area (Å²) in [5, 5.41) is 0. The van der Waals surface area contributed by atoms with Gasteiger partial charge in [-0.25, -0.2) is 0 Å². The first-order valence-corrected chi connectivity index (χ1v) is 12.0. The molecule has 0 saturated heterocycles. The first-order chi connectivity index (χ1) is 14.8. The van der Waals surface area contributed by atoms with Gasteiger partial charge >= 0.3 is 0 Å². The van der Waals surface area contributed by atoms with Crippen molar-refractivity contribution in [1.29, 1.82) is 0 Å². The molecule has 0 heterocycles. The minimum Gasteiger partial charge on any atom is -0.0683 e. The van der Waals surface area contributed by atoms with E-state index in [-0.39, 0.29) is 5.41 Å². The van der Waals surface area contributed by atoms with Gasteiger partial charge in [-0.15, -0.1) is 0 Å². The number of benzene rings is 3. The lowest BCUT2D eigenvalue weighted by Gasteiger charge is -2.26. The first-order valence-electron chi connectivity index (χ1n) is 12.0. The molecule has 0 fully saturated rings. The number of hydrogen-bond acceptors (Lipinski definition) is 0. The molecular formula is C31H48. The molecule has 0 nitrogen and oxygen atoms in total. The Morgan fingerprint density at radius 2 is 0.710 bits per heavy atom. The van der Waals surface area contributed by atoms with E-state index in [0.717, 1.165) is 0 Å². The molecule has 0 amide bonds. The van der Waals surface area contributed by atoms with Crippen LogP contribution < -0.4 is 0 Å². The van der Waals surface area contributed by atoms with Crippen LogP contribution in [0.4, 0.5) is 0 Å². The van der Waals surface area contributed by atoms with Gasteiger partial charge in [0.05, 0.1) is 0 Å². The summed E-state index contributed by atoms with van der Waals surface area (Å²) in [6, 6.07) is 26.1. The maximum atomic E-state index is 2.28. The fourth-order valence-corrected chi connectivity index (χ4v) is 2.91. The minimum absolute atomic E-state index is 0.0708. The smallest absolute Gasteiger partial charge is 0.0146 e. The van der Waals surface area contributed by atoms with Crippen LogP contribution in [0.1, 0.15) is 88.8 Å². The molecule has 0 bridgehead atoms. The Hall–Kier alpha value is -2.34. The number of aryl methyl sites for hydroxylation is 4. The Morgan fingerprint density at radius 3 is 0.935 bits per heavy atom. The van der Waals surface area contributed by atoms with Crippen molar-refractivity contribution < 1.29 is 0 Å². The molecule has 3 aromatic rings. The van der Waals surface area contributed by atoms with E-state index in [0.29, 0.717) is 0 Å². The third kappa shape index (κ3) is 11.6. The zero-order valence-electron chi connectivity index (χ0n) is 22.4. The largest absolute Gasteiger partial charge is 0.0683 e. The second-order valence-corrected chi connectivity index (χ2v) is 7.52. The van der Waals surface area contributed by atoms with Gasteiger partial charge in [-0.3, -0.25) is 0 Å². The molecule has 0 spiro atoms. The second-order valence-electron chi connectivity index (χ2n) is 7.52. The van der Waals surface area contributed by atoms with Crippen LogP contribution in [-0.4, -0.2) is 0 Å². The molecule has 0 heteroatoms. The molecule has 0 N–H and O–H groups in total.